The molecular formula is C13H16N4O. The van der Waals surface area contributed by atoms with Crippen molar-refractivity contribution in [2.75, 3.05) is 0 Å². The van der Waals surface area contributed by atoms with Crippen molar-refractivity contribution in [1.82, 2.24) is 20.1 Å². The molecule has 0 saturated carbocycles. The molecule has 1 unspecified atom stereocenters. The Labute approximate surface area is 106 Å². The van der Waals surface area contributed by atoms with Gasteiger partial charge in [-0.25, -0.2) is 0 Å². The molecule has 94 valence electrons. The summed E-state index contributed by atoms with van der Waals surface area (Å²) in [7, 11) is 1.75. The second-order valence-electron chi connectivity index (χ2n) is 4.05. The van der Waals surface area contributed by atoms with Gasteiger partial charge < -0.3 is 5.32 Å². The molecule has 0 aliphatic heterocycles. The SMILES string of the molecule is CCC(NC(=O)c1ccnn1C)c1ccncc1. The van der Waals surface area contributed by atoms with Crippen molar-refractivity contribution in [2.24, 2.45) is 7.05 Å². The molecule has 0 aliphatic carbocycles. The Bertz CT molecular complexity index is 521. The van der Waals surface area contributed by atoms with E-state index in [4.69, 9.17) is 0 Å². The van der Waals surface area contributed by atoms with Crippen molar-refractivity contribution < 1.29 is 4.79 Å². The van der Waals surface area contributed by atoms with Gasteiger partial charge in [0, 0.05) is 25.6 Å². The van der Waals surface area contributed by atoms with Crippen LogP contribution < -0.4 is 5.32 Å². The second kappa shape index (κ2) is 5.44. The van der Waals surface area contributed by atoms with Crippen molar-refractivity contribution >= 4 is 5.91 Å². The van der Waals surface area contributed by atoms with Gasteiger partial charge in [0.2, 0.25) is 0 Å². The van der Waals surface area contributed by atoms with Crippen molar-refractivity contribution in [3.8, 4) is 0 Å². The van der Waals surface area contributed by atoms with Crippen LogP contribution in [0.3, 0.4) is 0 Å². The molecule has 0 bridgehead atoms. The van der Waals surface area contributed by atoms with Crippen molar-refractivity contribution in [3.63, 3.8) is 0 Å². The Morgan fingerprint density at radius 1 is 1.33 bits per heavy atom. The Hall–Kier alpha value is -2.17. The summed E-state index contributed by atoms with van der Waals surface area (Å²) in [6, 6.07) is 5.53. The van der Waals surface area contributed by atoms with E-state index in [-0.39, 0.29) is 11.9 Å². The molecule has 2 aromatic heterocycles. The highest BCUT2D eigenvalue weighted by molar-refractivity contribution is 5.92. The average Bonchev–Trinajstić information content (AvgIpc) is 2.83. The molecule has 2 aromatic rings. The average molecular weight is 244 g/mol. The summed E-state index contributed by atoms with van der Waals surface area (Å²) in [5, 5.41) is 6.99. The first-order valence-corrected chi connectivity index (χ1v) is 5.91. The molecule has 18 heavy (non-hydrogen) atoms. The lowest BCUT2D eigenvalue weighted by Gasteiger charge is -2.17. The maximum atomic E-state index is 12.1. The zero-order valence-corrected chi connectivity index (χ0v) is 10.5. The lowest BCUT2D eigenvalue weighted by atomic mass is 10.1. The smallest absolute Gasteiger partial charge is 0.270 e. The third kappa shape index (κ3) is 2.56. The first-order valence-electron chi connectivity index (χ1n) is 5.91. The molecule has 5 heteroatoms. The molecule has 0 aliphatic rings. The normalized spacial score (nSPS) is 12.1. The van der Waals surface area contributed by atoms with E-state index in [1.807, 2.05) is 19.1 Å². The standard InChI is InChI=1S/C13H16N4O/c1-3-11(10-4-7-14-8-5-10)16-13(18)12-6-9-15-17(12)2/h4-9,11H,3H2,1-2H3,(H,16,18). The summed E-state index contributed by atoms with van der Waals surface area (Å²) >= 11 is 0. The Morgan fingerprint density at radius 2 is 2.06 bits per heavy atom. The fourth-order valence-electron chi connectivity index (χ4n) is 1.85. The summed E-state index contributed by atoms with van der Waals surface area (Å²) in [6.45, 7) is 2.04. The minimum atomic E-state index is -0.112. The van der Waals surface area contributed by atoms with Crippen LogP contribution >= 0.6 is 0 Å². The summed E-state index contributed by atoms with van der Waals surface area (Å²) in [5.74, 6) is -0.112. The minimum Gasteiger partial charge on any atom is -0.344 e. The minimum absolute atomic E-state index is 0.00426. The number of nitrogens with zero attached hydrogens (tertiary/aromatic N) is 3. The van der Waals surface area contributed by atoms with Gasteiger partial charge in [-0.2, -0.15) is 5.10 Å². The lowest BCUT2D eigenvalue weighted by Crippen LogP contribution is -2.29. The molecule has 0 radical (unpaired) electrons. The van der Waals surface area contributed by atoms with Gasteiger partial charge in [0.05, 0.1) is 6.04 Å². The van der Waals surface area contributed by atoms with E-state index in [0.717, 1.165) is 12.0 Å². The molecule has 1 atom stereocenters. The fourth-order valence-corrected chi connectivity index (χ4v) is 1.85. The molecule has 1 N–H and O–H groups in total. The summed E-state index contributed by atoms with van der Waals surface area (Å²) in [4.78, 5) is 16.1. The van der Waals surface area contributed by atoms with Gasteiger partial charge in [-0.3, -0.25) is 14.5 Å². The number of hydrogen-bond donors (Lipinski definition) is 1. The number of pyridine rings is 1. The summed E-state index contributed by atoms with van der Waals surface area (Å²) in [6.07, 6.45) is 5.90. The highest BCUT2D eigenvalue weighted by atomic mass is 16.2. The fraction of sp³-hybridized carbons (Fsp3) is 0.308. The first kappa shape index (κ1) is 12.3. The van der Waals surface area contributed by atoms with Crippen LogP contribution in [-0.4, -0.2) is 20.7 Å². The van der Waals surface area contributed by atoms with Crippen LogP contribution in [0, 0.1) is 0 Å². The molecule has 0 saturated heterocycles. The van der Waals surface area contributed by atoms with Gasteiger partial charge in [-0.05, 0) is 30.2 Å². The number of aryl methyl sites for hydroxylation is 1. The molecule has 2 heterocycles. The van der Waals surface area contributed by atoms with Crippen LogP contribution in [0.2, 0.25) is 0 Å². The van der Waals surface area contributed by atoms with E-state index in [2.05, 4.69) is 15.4 Å². The first-order chi connectivity index (χ1) is 8.72. The number of hydrogen-bond acceptors (Lipinski definition) is 3. The molecule has 1 amide bonds. The third-order valence-electron chi connectivity index (χ3n) is 2.88. The molecule has 2 rings (SSSR count). The van der Waals surface area contributed by atoms with Gasteiger partial charge in [-0.15, -0.1) is 0 Å². The van der Waals surface area contributed by atoms with Crippen LogP contribution in [0.25, 0.3) is 0 Å². The highest BCUT2D eigenvalue weighted by Crippen LogP contribution is 2.15. The van der Waals surface area contributed by atoms with E-state index < -0.39 is 0 Å². The van der Waals surface area contributed by atoms with Gasteiger partial charge in [0.25, 0.3) is 5.91 Å². The number of aromatic nitrogens is 3. The second-order valence-corrected chi connectivity index (χ2v) is 4.05. The van der Waals surface area contributed by atoms with E-state index in [1.165, 1.54) is 0 Å². The quantitative estimate of drug-likeness (QED) is 0.890. The molecule has 0 fully saturated rings. The maximum absolute atomic E-state index is 12.1. The van der Waals surface area contributed by atoms with Crippen LogP contribution in [0.5, 0.6) is 0 Å². The summed E-state index contributed by atoms with van der Waals surface area (Å²) in [5.41, 5.74) is 1.62. The summed E-state index contributed by atoms with van der Waals surface area (Å²) < 4.78 is 1.56. The largest absolute Gasteiger partial charge is 0.344 e. The zero-order valence-electron chi connectivity index (χ0n) is 10.5. The van der Waals surface area contributed by atoms with E-state index in [9.17, 15) is 4.79 Å². The molecule has 0 aromatic carbocycles. The van der Waals surface area contributed by atoms with Crippen molar-refractivity contribution in [3.05, 3.63) is 48.0 Å². The number of rotatable bonds is 4. The van der Waals surface area contributed by atoms with Crippen LogP contribution in [0.4, 0.5) is 0 Å². The predicted molar refractivity (Wildman–Crippen MR) is 67.9 cm³/mol. The van der Waals surface area contributed by atoms with Crippen molar-refractivity contribution in [1.29, 1.82) is 0 Å². The Balaban J connectivity index is 2.13. The van der Waals surface area contributed by atoms with Gasteiger partial charge in [0.15, 0.2) is 0 Å². The number of nitrogens with one attached hydrogen (secondary N) is 1. The molecule has 5 nitrogen and oxygen atoms in total. The monoisotopic (exact) mass is 244 g/mol. The molecule has 0 spiro atoms. The zero-order chi connectivity index (χ0) is 13.0. The van der Waals surface area contributed by atoms with Crippen LogP contribution in [0.1, 0.15) is 35.4 Å². The van der Waals surface area contributed by atoms with Crippen molar-refractivity contribution in [2.45, 2.75) is 19.4 Å². The van der Waals surface area contributed by atoms with E-state index in [1.54, 1.807) is 36.4 Å². The topological polar surface area (TPSA) is 59.8 Å². The van der Waals surface area contributed by atoms with Gasteiger partial charge >= 0.3 is 0 Å². The maximum Gasteiger partial charge on any atom is 0.270 e. The Kier molecular flexibility index (Phi) is 3.72. The molecular weight excluding hydrogens is 228 g/mol. The van der Waals surface area contributed by atoms with Gasteiger partial charge in [0.1, 0.15) is 5.69 Å². The Morgan fingerprint density at radius 3 is 2.61 bits per heavy atom. The third-order valence-corrected chi connectivity index (χ3v) is 2.88. The highest BCUT2D eigenvalue weighted by Gasteiger charge is 2.15. The number of carbonyl (C=O) groups excluding carboxylic acids is 1. The number of amides is 1. The van der Waals surface area contributed by atoms with Crippen LogP contribution in [-0.2, 0) is 7.05 Å². The predicted octanol–water partition coefficient (Wildman–Crippen LogP) is 1.70. The lowest BCUT2D eigenvalue weighted by molar-refractivity contribution is 0.0926. The van der Waals surface area contributed by atoms with E-state index >= 15 is 0 Å². The van der Waals surface area contributed by atoms with Gasteiger partial charge in [-0.1, -0.05) is 6.92 Å². The van der Waals surface area contributed by atoms with E-state index in [0.29, 0.717) is 5.69 Å². The number of carbonyl (C=O) groups is 1. The van der Waals surface area contributed by atoms with Crippen LogP contribution in [0.15, 0.2) is 36.8 Å².